The van der Waals surface area contributed by atoms with Crippen LogP contribution < -0.4 is 10.1 Å². The molecule has 94 valence electrons. The molecule has 1 heterocycles. The van der Waals surface area contributed by atoms with Gasteiger partial charge in [0.1, 0.15) is 11.4 Å². The predicted molar refractivity (Wildman–Crippen MR) is 71.0 cm³/mol. The van der Waals surface area contributed by atoms with Gasteiger partial charge in [-0.05, 0) is 30.6 Å². The zero-order valence-corrected chi connectivity index (χ0v) is 11.1. The van der Waals surface area contributed by atoms with Crippen LogP contribution in [0.25, 0.3) is 0 Å². The Labute approximate surface area is 110 Å². The highest BCUT2D eigenvalue weighted by Crippen LogP contribution is 2.17. The molecule has 1 amide bonds. The smallest absolute Gasteiger partial charge is 0.271 e. The molecule has 1 aromatic carbocycles. The van der Waals surface area contributed by atoms with Gasteiger partial charge in [0.2, 0.25) is 0 Å². The summed E-state index contributed by atoms with van der Waals surface area (Å²) in [6.07, 6.45) is 0. The maximum absolute atomic E-state index is 11.8. The largest absolute Gasteiger partial charge is 0.496 e. The number of hydrogen-bond donors (Lipinski definition) is 1. The van der Waals surface area contributed by atoms with Crippen LogP contribution in [0.15, 0.2) is 30.3 Å². The molecule has 1 aromatic heterocycles. The van der Waals surface area contributed by atoms with E-state index in [0.717, 1.165) is 16.2 Å². The third-order valence-corrected chi connectivity index (χ3v) is 3.19. The van der Waals surface area contributed by atoms with Crippen molar-refractivity contribution in [1.29, 1.82) is 0 Å². The first kappa shape index (κ1) is 12.6. The molecule has 0 fully saturated rings. The summed E-state index contributed by atoms with van der Waals surface area (Å²) in [5.41, 5.74) is 1.41. The number of aromatic nitrogens is 1. The van der Waals surface area contributed by atoms with E-state index in [9.17, 15) is 4.79 Å². The van der Waals surface area contributed by atoms with E-state index in [2.05, 4.69) is 9.69 Å². The molecule has 0 aliphatic rings. The molecule has 0 saturated carbocycles. The molecular weight excluding hydrogens is 248 g/mol. The molecule has 0 bridgehead atoms. The molecule has 0 unspecified atom stereocenters. The van der Waals surface area contributed by atoms with Crippen molar-refractivity contribution in [2.75, 3.05) is 7.11 Å². The average Bonchev–Trinajstić information content (AvgIpc) is 2.83. The van der Waals surface area contributed by atoms with E-state index in [1.807, 2.05) is 31.2 Å². The van der Waals surface area contributed by atoms with Crippen molar-refractivity contribution in [3.8, 4) is 5.75 Å². The van der Waals surface area contributed by atoms with Crippen LogP contribution in [0.5, 0.6) is 5.75 Å². The summed E-state index contributed by atoms with van der Waals surface area (Å²) < 4.78 is 9.29. The molecule has 18 heavy (non-hydrogen) atoms. The van der Waals surface area contributed by atoms with Gasteiger partial charge >= 0.3 is 0 Å². The summed E-state index contributed by atoms with van der Waals surface area (Å²) in [5, 5.41) is 2.83. The first-order valence-electron chi connectivity index (χ1n) is 5.54. The third kappa shape index (κ3) is 2.87. The van der Waals surface area contributed by atoms with Gasteiger partial charge in [-0.3, -0.25) is 4.79 Å². The van der Waals surface area contributed by atoms with Crippen LogP contribution in [0.4, 0.5) is 0 Å². The number of methoxy groups -OCH3 is 1. The number of para-hydroxylation sites is 1. The fourth-order valence-electron chi connectivity index (χ4n) is 1.59. The van der Waals surface area contributed by atoms with Crippen LogP contribution in [-0.2, 0) is 6.54 Å². The predicted octanol–water partition coefficient (Wildman–Crippen LogP) is 2.39. The maximum atomic E-state index is 11.8. The lowest BCUT2D eigenvalue weighted by atomic mass is 10.2. The van der Waals surface area contributed by atoms with Gasteiger partial charge in [0, 0.05) is 17.0 Å². The molecule has 0 saturated heterocycles. The van der Waals surface area contributed by atoms with Crippen LogP contribution in [0.1, 0.15) is 20.9 Å². The minimum absolute atomic E-state index is 0.162. The fourth-order valence-corrected chi connectivity index (χ4v) is 2.13. The normalized spacial score (nSPS) is 10.1. The van der Waals surface area contributed by atoms with Crippen molar-refractivity contribution in [3.05, 3.63) is 46.5 Å². The van der Waals surface area contributed by atoms with Gasteiger partial charge in [0.15, 0.2) is 0 Å². The lowest BCUT2D eigenvalue weighted by molar-refractivity contribution is 0.0947. The van der Waals surface area contributed by atoms with Crippen molar-refractivity contribution >= 4 is 17.4 Å². The van der Waals surface area contributed by atoms with Gasteiger partial charge in [-0.15, -0.1) is 0 Å². The third-order valence-electron chi connectivity index (χ3n) is 2.49. The van der Waals surface area contributed by atoms with Crippen LogP contribution in [0.3, 0.4) is 0 Å². The molecule has 2 rings (SSSR count). The van der Waals surface area contributed by atoms with E-state index < -0.39 is 0 Å². The van der Waals surface area contributed by atoms with E-state index in [0.29, 0.717) is 12.2 Å². The Morgan fingerprint density at radius 1 is 1.44 bits per heavy atom. The van der Waals surface area contributed by atoms with E-state index in [1.54, 1.807) is 13.2 Å². The van der Waals surface area contributed by atoms with Gasteiger partial charge in [-0.1, -0.05) is 18.2 Å². The van der Waals surface area contributed by atoms with Crippen molar-refractivity contribution in [3.63, 3.8) is 0 Å². The molecule has 5 heteroatoms. The highest BCUT2D eigenvalue weighted by molar-refractivity contribution is 7.05. The zero-order valence-electron chi connectivity index (χ0n) is 10.3. The number of carbonyl (C=O) groups is 1. The van der Waals surface area contributed by atoms with Crippen molar-refractivity contribution in [1.82, 2.24) is 9.69 Å². The number of hydrogen-bond acceptors (Lipinski definition) is 4. The Kier molecular flexibility index (Phi) is 3.94. The Balaban J connectivity index is 2.01. The quantitative estimate of drug-likeness (QED) is 0.920. The number of rotatable bonds is 4. The second-order valence-electron chi connectivity index (χ2n) is 3.82. The molecule has 4 nitrogen and oxygen atoms in total. The number of nitrogens with one attached hydrogen (secondary N) is 1. The van der Waals surface area contributed by atoms with Crippen molar-refractivity contribution in [2.45, 2.75) is 13.5 Å². The van der Waals surface area contributed by atoms with Gasteiger partial charge in [0.05, 0.1) is 7.11 Å². The molecule has 0 aliphatic heterocycles. The summed E-state index contributed by atoms with van der Waals surface area (Å²) in [7, 11) is 1.62. The zero-order chi connectivity index (χ0) is 13.0. The van der Waals surface area contributed by atoms with Crippen LogP contribution >= 0.6 is 11.5 Å². The number of nitrogens with zero attached hydrogens (tertiary/aromatic N) is 1. The topological polar surface area (TPSA) is 51.2 Å². The summed E-state index contributed by atoms with van der Waals surface area (Å²) in [5.74, 6) is 0.609. The number of carbonyl (C=O) groups excluding carboxylic acids is 1. The van der Waals surface area contributed by atoms with Crippen molar-refractivity contribution in [2.24, 2.45) is 0 Å². The standard InChI is InChI=1S/C13H14N2O2S/c1-9-7-11(15-18-9)13(16)14-8-10-5-3-4-6-12(10)17-2/h3-7H,8H2,1-2H3,(H,14,16). The minimum atomic E-state index is -0.162. The van der Waals surface area contributed by atoms with E-state index in [4.69, 9.17) is 4.74 Å². The number of benzene rings is 1. The number of amides is 1. The van der Waals surface area contributed by atoms with Crippen LogP contribution in [0, 0.1) is 6.92 Å². The highest BCUT2D eigenvalue weighted by atomic mass is 32.1. The van der Waals surface area contributed by atoms with E-state index >= 15 is 0 Å². The lowest BCUT2D eigenvalue weighted by Crippen LogP contribution is -2.23. The fraction of sp³-hybridized carbons (Fsp3) is 0.231. The number of aryl methyl sites for hydroxylation is 1. The first-order valence-corrected chi connectivity index (χ1v) is 6.31. The van der Waals surface area contributed by atoms with Gasteiger partial charge in [-0.25, -0.2) is 0 Å². The Morgan fingerprint density at radius 3 is 2.89 bits per heavy atom. The van der Waals surface area contributed by atoms with Gasteiger partial charge < -0.3 is 10.1 Å². The first-order chi connectivity index (χ1) is 8.70. The van der Waals surface area contributed by atoms with Gasteiger partial charge in [-0.2, -0.15) is 4.37 Å². The summed E-state index contributed by atoms with van der Waals surface area (Å²) in [6, 6.07) is 9.38. The number of ether oxygens (including phenoxy) is 1. The average molecular weight is 262 g/mol. The molecule has 1 N–H and O–H groups in total. The highest BCUT2D eigenvalue weighted by Gasteiger charge is 2.10. The van der Waals surface area contributed by atoms with E-state index in [1.165, 1.54) is 11.5 Å². The van der Waals surface area contributed by atoms with E-state index in [-0.39, 0.29) is 5.91 Å². The SMILES string of the molecule is COc1ccccc1CNC(=O)c1cc(C)sn1. The second-order valence-corrected chi connectivity index (χ2v) is 4.83. The Morgan fingerprint density at radius 2 is 2.22 bits per heavy atom. The maximum Gasteiger partial charge on any atom is 0.271 e. The summed E-state index contributed by atoms with van der Waals surface area (Å²) in [4.78, 5) is 12.8. The Hall–Kier alpha value is -1.88. The van der Waals surface area contributed by atoms with Crippen molar-refractivity contribution < 1.29 is 9.53 Å². The lowest BCUT2D eigenvalue weighted by Gasteiger charge is -2.08. The van der Waals surface area contributed by atoms with Gasteiger partial charge in [0.25, 0.3) is 5.91 Å². The molecule has 2 aromatic rings. The molecular formula is C13H14N2O2S. The molecule has 0 aliphatic carbocycles. The summed E-state index contributed by atoms with van der Waals surface area (Å²) >= 11 is 1.33. The monoisotopic (exact) mass is 262 g/mol. The second kappa shape index (κ2) is 5.64. The summed E-state index contributed by atoms with van der Waals surface area (Å²) in [6.45, 7) is 2.36. The van der Waals surface area contributed by atoms with Crippen LogP contribution in [-0.4, -0.2) is 17.4 Å². The molecule has 0 spiro atoms. The molecule has 0 radical (unpaired) electrons. The minimum Gasteiger partial charge on any atom is -0.496 e. The Bertz CT molecular complexity index is 551. The van der Waals surface area contributed by atoms with Crippen LogP contribution in [0.2, 0.25) is 0 Å². The molecule has 0 atom stereocenters.